The maximum absolute atomic E-state index is 12.6. The highest BCUT2D eigenvalue weighted by Gasteiger charge is 2.26. The van der Waals surface area contributed by atoms with E-state index in [0.29, 0.717) is 18.7 Å². The summed E-state index contributed by atoms with van der Waals surface area (Å²) >= 11 is 0. The zero-order chi connectivity index (χ0) is 18.7. The van der Waals surface area contributed by atoms with Crippen molar-refractivity contribution in [3.8, 4) is 0 Å². The molecular formula is C20H25N3O3. The van der Waals surface area contributed by atoms with Crippen LogP contribution < -0.4 is 5.73 Å². The molecule has 3 rings (SSSR count). The normalized spacial score (nSPS) is 15.9. The van der Waals surface area contributed by atoms with Crippen LogP contribution in [-0.4, -0.2) is 41.5 Å². The molecule has 1 aliphatic rings. The highest BCUT2D eigenvalue weighted by Crippen LogP contribution is 2.26. The van der Waals surface area contributed by atoms with Crippen molar-refractivity contribution in [2.24, 2.45) is 11.7 Å². The zero-order valence-corrected chi connectivity index (χ0v) is 15.3. The number of piperidine rings is 1. The van der Waals surface area contributed by atoms with Gasteiger partial charge in [0.25, 0.3) is 0 Å². The summed E-state index contributed by atoms with van der Waals surface area (Å²) in [6.07, 6.45) is 1.49. The fourth-order valence-electron chi connectivity index (χ4n) is 3.62. The largest absolute Gasteiger partial charge is 0.462 e. The van der Waals surface area contributed by atoms with Crippen LogP contribution in [0.25, 0.3) is 10.9 Å². The first-order valence-corrected chi connectivity index (χ1v) is 9.08. The lowest BCUT2D eigenvalue weighted by Gasteiger charge is -2.30. The van der Waals surface area contributed by atoms with Gasteiger partial charge in [0.15, 0.2) is 0 Å². The highest BCUT2D eigenvalue weighted by atomic mass is 16.5. The Morgan fingerprint density at radius 1 is 1.27 bits per heavy atom. The van der Waals surface area contributed by atoms with Crippen LogP contribution in [0, 0.1) is 12.8 Å². The van der Waals surface area contributed by atoms with Gasteiger partial charge in [0.2, 0.25) is 5.91 Å². The summed E-state index contributed by atoms with van der Waals surface area (Å²) in [5.41, 5.74) is 8.48. The van der Waals surface area contributed by atoms with Crippen LogP contribution in [0.3, 0.4) is 0 Å². The van der Waals surface area contributed by atoms with Gasteiger partial charge in [-0.2, -0.15) is 0 Å². The van der Waals surface area contributed by atoms with E-state index in [1.165, 1.54) is 0 Å². The first kappa shape index (κ1) is 18.3. The third-order valence-electron chi connectivity index (χ3n) is 5.07. The number of carbonyl (C=O) groups excluding carboxylic acids is 2. The van der Waals surface area contributed by atoms with Crippen molar-refractivity contribution in [1.82, 2.24) is 9.88 Å². The third-order valence-corrected chi connectivity index (χ3v) is 5.07. The molecule has 0 bridgehead atoms. The molecule has 0 unspecified atom stereocenters. The van der Waals surface area contributed by atoms with E-state index in [1.54, 1.807) is 6.92 Å². The Morgan fingerprint density at radius 2 is 1.96 bits per heavy atom. The van der Waals surface area contributed by atoms with E-state index in [4.69, 9.17) is 15.5 Å². The maximum atomic E-state index is 12.6. The molecule has 0 aliphatic carbocycles. The average Bonchev–Trinajstić information content (AvgIpc) is 2.62. The SMILES string of the molecule is CCOC(=O)c1c(CN2CCC(C(N)=O)CC2)nc2ccccc2c1C. The van der Waals surface area contributed by atoms with Crippen molar-refractivity contribution in [1.29, 1.82) is 0 Å². The van der Waals surface area contributed by atoms with Crippen molar-refractivity contribution in [2.45, 2.75) is 33.2 Å². The molecular weight excluding hydrogens is 330 g/mol. The van der Waals surface area contributed by atoms with Crippen molar-refractivity contribution >= 4 is 22.8 Å². The lowest BCUT2D eigenvalue weighted by Crippen LogP contribution is -2.38. The molecule has 138 valence electrons. The summed E-state index contributed by atoms with van der Waals surface area (Å²) in [7, 11) is 0. The second-order valence-corrected chi connectivity index (χ2v) is 6.75. The molecule has 0 radical (unpaired) electrons. The maximum Gasteiger partial charge on any atom is 0.340 e. The van der Waals surface area contributed by atoms with Crippen molar-refractivity contribution < 1.29 is 14.3 Å². The number of para-hydroxylation sites is 1. The molecule has 2 heterocycles. The number of primary amides is 1. The van der Waals surface area contributed by atoms with Gasteiger partial charge in [-0.15, -0.1) is 0 Å². The number of benzene rings is 1. The number of hydrogen-bond donors (Lipinski definition) is 1. The van der Waals surface area contributed by atoms with E-state index in [1.807, 2.05) is 31.2 Å². The van der Waals surface area contributed by atoms with Gasteiger partial charge >= 0.3 is 5.97 Å². The summed E-state index contributed by atoms with van der Waals surface area (Å²) in [5, 5.41) is 0.965. The molecule has 1 fully saturated rings. The Morgan fingerprint density at radius 3 is 2.62 bits per heavy atom. The predicted molar refractivity (Wildman–Crippen MR) is 99.6 cm³/mol. The van der Waals surface area contributed by atoms with Crippen LogP contribution in [-0.2, 0) is 16.1 Å². The number of fused-ring (bicyclic) bond motifs is 1. The number of carbonyl (C=O) groups is 2. The number of pyridine rings is 1. The van der Waals surface area contributed by atoms with Crippen molar-refractivity contribution in [2.75, 3.05) is 19.7 Å². The number of hydrogen-bond acceptors (Lipinski definition) is 5. The molecule has 0 saturated carbocycles. The summed E-state index contributed by atoms with van der Waals surface area (Å²) in [6.45, 7) is 6.17. The van der Waals surface area contributed by atoms with Gasteiger partial charge in [-0.3, -0.25) is 14.7 Å². The van der Waals surface area contributed by atoms with Crippen LogP contribution in [0.2, 0.25) is 0 Å². The lowest BCUT2D eigenvalue weighted by atomic mass is 9.95. The first-order valence-electron chi connectivity index (χ1n) is 9.08. The number of aryl methyl sites for hydroxylation is 1. The van der Waals surface area contributed by atoms with Crippen LogP contribution in [0.4, 0.5) is 0 Å². The lowest BCUT2D eigenvalue weighted by molar-refractivity contribution is -0.123. The fourth-order valence-corrected chi connectivity index (χ4v) is 3.62. The van der Waals surface area contributed by atoms with E-state index in [2.05, 4.69) is 4.90 Å². The molecule has 1 amide bonds. The van der Waals surface area contributed by atoms with Gasteiger partial charge in [-0.05, 0) is 51.4 Å². The second-order valence-electron chi connectivity index (χ2n) is 6.75. The smallest absolute Gasteiger partial charge is 0.340 e. The minimum absolute atomic E-state index is 0.0536. The van der Waals surface area contributed by atoms with Gasteiger partial charge < -0.3 is 10.5 Å². The monoisotopic (exact) mass is 355 g/mol. The molecule has 1 aromatic heterocycles. The number of nitrogens with two attached hydrogens (primary N) is 1. The van der Waals surface area contributed by atoms with Gasteiger partial charge in [0.1, 0.15) is 0 Å². The number of aromatic nitrogens is 1. The summed E-state index contributed by atoms with van der Waals surface area (Å²) in [4.78, 5) is 30.9. The molecule has 1 aromatic carbocycles. The molecule has 2 N–H and O–H groups in total. The van der Waals surface area contributed by atoms with Crippen LogP contribution in [0.15, 0.2) is 24.3 Å². The summed E-state index contributed by atoms with van der Waals surface area (Å²) in [6, 6.07) is 7.82. The minimum Gasteiger partial charge on any atom is -0.462 e. The molecule has 1 aliphatic heterocycles. The van der Waals surface area contributed by atoms with E-state index in [0.717, 1.165) is 48.1 Å². The Labute approximate surface area is 153 Å². The number of esters is 1. The van der Waals surface area contributed by atoms with E-state index in [-0.39, 0.29) is 17.8 Å². The van der Waals surface area contributed by atoms with Gasteiger partial charge in [0, 0.05) is 17.8 Å². The van der Waals surface area contributed by atoms with Gasteiger partial charge in [-0.25, -0.2) is 4.79 Å². The quantitative estimate of drug-likeness (QED) is 0.833. The molecule has 6 heteroatoms. The first-order chi connectivity index (χ1) is 12.5. The third kappa shape index (κ3) is 3.70. The molecule has 1 saturated heterocycles. The standard InChI is InChI=1S/C20H25N3O3/c1-3-26-20(25)18-13(2)15-6-4-5-7-16(15)22-17(18)12-23-10-8-14(9-11-23)19(21)24/h4-7,14H,3,8-12H2,1-2H3,(H2,21,24). The molecule has 6 nitrogen and oxygen atoms in total. The molecule has 0 atom stereocenters. The van der Waals surface area contributed by atoms with Gasteiger partial charge in [-0.1, -0.05) is 18.2 Å². The number of ether oxygens (including phenoxy) is 1. The summed E-state index contributed by atoms with van der Waals surface area (Å²) in [5.74, 6) is -0.608. The van der Waals surface area contributed by atoms with Crippen molar-refractivity contribution in [3.63, 3.8) is 0 Å². The molecule has 0 spiro atoms. The van der Waals surface area contributed by atoms with Crippen LogP contribution >= 0.6 is 0 Å². The fraction of sp³-hybridized carbons (Fsp3) is 0.450. The van der Waals surface area contributed by atoms with Gasteiger partial charge in [0.05, 0.1) is 23.4 Å². The second kappa shape index (κ2) is 7.83. The van der Waals surface area contributed by atoms with Crippen molar-refractivity contribution in [3.05, 3.63) is 41.1 Å². The Kier molecular flexibility index (Phi) is 5.52. The van der Waals surface area contributed by atoms with E-state index >= 15 is 0 Å². The Hall–Kier alpha value is -2.47. The topological polar surface area (TPSA) is 85.5 Å². The number of rotatable bonds is 5. The average molecular weight is 355 g/mol. The van der Waals surface area contributed by atoms with Crippen LogP contribution in [0.5, 0.6) is 0 Å². The summed E-state index contributed by atoms with van der Waals surface area (Å²) < 4.78 is 5.28. The number of amides is 1. The zero-order valence-electron chi connectivity index (χ0n) is 15.3. The minimum atomic E-state index is -0.328. The Bertz CT molecular complexity index is 826. The highest BCUT2D eigenvalue weighted by molar-refractivity contribution is 5.98. The Balaban J connectivity index is 1.92. The van der Waals surface area contributed by atoms with E-state index in [9.17, 15) is 9.59 Å². The number of nitrogens with zero attached hydrogens (tertiary/aromatic N) is 2. The van der Waals surface area contributed by atoms with Crippen LogP contribution in [0.1, 0.15) is 41.4 Å². The van der Waals surface area contributed by atoms with E-state index < -0.39 is 0 Å². The molecule has 26 heavy (non-hydrogen) atoms. The predicted octanol–water partition coefficient (Wildman–Crippen LogP) is 2.42. The molecule has 2 aromatic rings. The number of likely N-dealkylation sites (tertiary alicyclic amines) is 1.